The number of rotatable bonds is 6. The maximum Gasteiger partial charge on any atom is 0.248 e. The molecule has 4 heteroatoms. The second kappa shape index (κ2) is 6.82. The molecule has 104 valence electrons. The lowest BCUT2D eigenvalue weighted by atomic mass is 10.0. The molecular weight excluding hydrogens is 250 g/mol. The van der Waals surface area contributed by atoms with Gasteiger partial charge in [-0.1, -0.05) is 12.1 Å². The van der Waals surface area contributed by atoms with Crippen molar-refractivity contribution in [2.24, 2.45) is 5.73 Å². The first kappa shape index (κ1) is 14.2. The molecule has 1 aromatic carbocycles. The van der Waals surface area contributed by atoms with Gasteiger partial charge in [0.25, 0.3) is 0 Å². The number of hydrogen-bond donors (Lipinski definition) is 2. The van der Waals surface area contributed by atoms with Gasteiger partial charge >= 0.3 is 0 Å². The number of benzene rings is 1. The van der Waals surface area contributed by atoms with Crippen molar-refractivity contribution in [1.82, 2.24) is 10.3 Å². The zero-order valence-electron chi connectivity index (χ0n) is 11.6. The third-order valence-corrected chi connectivity index (χ3v) is 3.26. The van der Waals surface area contributed by atoms with E-state index in [1.807, 2.05) is 31.3 Å². The Kier molecular flexibility index (Phi) is 4.85. The van der Waals surface area contributed by atoms with E-state index in [1.165, 1.54) is 11.1 Å². The van der Waals surface area contributed by atoms with Crippen LogP contribution < -0.4 is 11.1 Å². The Morgan fingerprint density at radius 3 is 2.85 bits per heavy atom. The third kappa shape index (κ3) is 3.90. The molecule has 2 rings (SSSR count). The third-order valence-electron chi connectivity index (χ3n) is 3.26. The molecule has 1 aromatic heterocycles. The summed E-state index contributed by atoms with van der Waals surface area (Å²) in [4.78, 5) is 15.2. The van der Waals surface area contributed by atoms with Crippen molar-refractivity contribution in [2.75, 3.05) is 6.54 Å². The molecule has 4 nitrogen and oxygen atoms in total. The number of nitrogens with zero attached hydrogens (tertiary/aromatic N) is 1. The molecule has 0 saturated carbocycles. The average molecular weight is 269 g/mol. The normalized spacial score (nSPS) is 10.4. The lowest BCUT2D eigenvalue weighted by Gasteiger charge is -2.09. The van der Waals surface area contributed by atoms with E-state index in [0.717, 1.165) is 25.1 Å². The van der Waals surface area contributed by atoms with Crippen LogP contribution >= 0.6 is 0 Å². The molecule has 1 amide bonds. The van der Waals surface area contributed by atoms with Crippen LogP contribution in [0.2, 0.25) is 0 Å². The van der Waals surface area contributed by atoms with Crippen LogP contribution in [-0.4, -0.2) is 17.4 Å². The number of nitrogens with one attached hydrogen (secondary N) is 1. The van der Waals surface area contributed by atoms with Crippen LogP contribution in [0.25, 0.3) is 0 Å². The molecular formula is C16H19N3O. The molecule has 0 aliphatic heterocycles. The first-order chi connectivity index (χ1) is 9.66. The minimum atomic E-state index is -0.385. The highest BCUT2D eigenvalue weighted by molar-refractivity contribution is 5.93. The minimum Gasteiger partial charge on any atom is -0.366 e. The number of pyridine rings is 1. The highest BCUT2D eigenvalue weighted by atomic mass is 16.1. The highest BCUT2D eigenvalue weighted by Gasteiger charge is 2.03. The van der Waals surface area contributed by atoms with Crippen LogP contribution in [0.5, 0.6) is 0 Å². The molecule has 1 heterocycles. The van der Waals surface area contributed by atoms with Crippen LogP contribution in [0.1, 0.15) is 27.0 Å². The van der Waals surface area contributed by atoms with Crippen molar-refractivity contribution in [3.05, 3.63) is 65.0 Å². The summed E-state index contributed by atoms with van der Waals surface area (Å²) in [5.41, 5.74) is 9.30. The molecule has 2 aromatic rings. The van der Waals surface area contributed by atoms with Gasteiger partial charge < -0.3 is 11.1 Å². The van der Waals surface area contributed by atoms with Gasteiger partial charge in [-0.05, 0) is 54.8 Å². The van der Waals surface area contributed by atoms with E-state index in [9.17, 15) is 4.79 Å². The zero-order valence-corrected chi connectivity index (χ0v) is 11.6. The van der Waals surface area contributed by atoms with Gasteiger partial charge in [0.15, 0.2) is 0 Å². The van der Waals surface area contributed by atoms with E-state index in [-0.39, 0.29) is 5.91 Å². The lowest BCUT2D eigenvalue weighted by Crippen LogP contribution is -2.18. The second-order valence-electron chi connectivity index (χ2n) is 4.79. The van der Waals surface area contributed by atoms with Gasteiger partial charge in [-0.3, -0.25) is 9.78 Å². The fraction of sp³-hybridized carbons (Fsp3) is 0.250. The molecule has 0 spiro atoms. The summed E-state index contributed by atoms with van der Waals surface area (Å²) < 4.78 is 0. The van der Waals surface area contributed by atoms with Gasteiger partial charge in [-0.2, -0.15) is 0 Å². The summed E-state index contributed by atoms with van der Waals surface area (Å²) in [6.07, 6.45) is 4.61. The number of hydrogen-bond acceptors (Lipinski definition) is 3. The first-order valence-corrected chi connectivity index (χ1v) is 6.66. The predicted molar refractivity (Wildman–Crippen MR) is 79.3 cm³/mol. The maximum absolute atomic E-state index is 11.1. The van der Waals surface area contributed by atoms with E-state index in [0.29, 0.717) is 5.56 Å². The van der Waals surface area contributed by atoms with E-state index >= 15 is 0 Å². The van der Waals surface area contributed by atoms with Crippen LogP contribution in [0, 0.1) is 6.92 Å². The van der Waals surface area contributed by atoms with Crippen molar-refractivity contribution < 1.29 is 4.79 Å². The molecule has 0 aliphatic rings. The Bertz CT molecular complexity index is 582. The number of aryl methyl sites for hydroxylation is 1. The number of aromatic nitrogens is 1. The van der Waals surface area contributed by atoms with E-state index in [4.69, 9.17) is 5.73 Å². The van der Waals surface area contributed by atoms with E-state index in [1.54, 1.807) is 12.3 Å². The molecule has 0 atom stereocenters. The van der Waals surface area contributed by atoms with Gasteiger partial charge in [-0.25, -0.2) is 0 Å². The summed E-state index contributed by atoms with van der Waals surface area (Å²) in [7, 11) is 0. The largest absolute Gasteiger partial charge is 0.366 e. The van der Waals surface area contributed by atoms with Crippen molar-refractivity contribution in [3.63, 3.8) is 0 Å². The van der Waals surface area contributed by atoms with Gasteiger partial charge in [0.05, 0.1) is 0 Å². The molecule has 0 bridgehead atoms. The van der Waals surface area contributed by atoms with Crippen molar-refractivity contribution in [3.8, 4) is 0 Å². The Balaban J connectivity index is 1.84. The predicted octanol–water partition coefficient (Wildman–Crippen LogP) is 1.82. The lowest BCUT2D eigenvalue weighted by molar-refractivity contribution is 0.1000. The maximum atomic E-state index is 11.1. The average Bonchev–Trinajstić information content (AvgIpc) is 2.46. The number of carbonyl (C=O) groups excluding carboxylic acids is 1. The SMILES string of the molecule is Cc1cc(C(N)=O)ccc1CNCCc1cccnc1. The summed E-state index contributed by atoms with van der Waals surface area (Å²) in [5, 5.41) is 3.40. The van der Waals surface area contributed by atoms with Crippen LogP contribution in [0.15, 0.2) is 42.7 Å². The Labute approximate surface area is 119 Å². The highest BCUT2D eigenvalue weighted by Crippen LogP contribution is 2.10. The number of carbonyl (C=O) groups is 1. The molecule has 0 saturated heterocycles. The Morgan fingerprint density at radius 1 is 1.35 bits per heavy atom. The first-order valence-electron chi connectivity index (χ1n) is 6.66. The summed E-state index contributed by atoms with van der Waals surface area (Å²) in [6, 6.07) is 9.57. The molecule has 0 unspecified atom stereocenters. The van der Waals surface area contributed by atoms with E-state index in [2.05, 4.69) is 16.4 Å². The van der Waals surface area contributed by atoms with Crippen LogP contribution in [0.4, 0.5) is 0 Å². The molecule has 0 radical (unpaired) electrons. The van der Waals surface area contributed by atoms with Gasteiger partial charge in [-0.15, -0.1) is 0 Å². The monoisotopic (exact) mass is 269 g/mol. The molecule has 0 aliphatic carbocycles. The number of nitrogens with two attached hydrogens (primary N) is 1. The smallest absolute Gasteiger partial charge is 0.248 e. The summed E-state index contributed by atoms with van der Waals surface area (Å²) in [6.45, 7) is 3.67. The fourth-order valence-corrected chi connectivity index (χ4v) is 2.05. The summed E-state index contributed by atoms with van der Waals surface area (Å²) in [5.74, 6) is -0.385. The Hall–Kier alpha value is -2.20. The fourth-order valence-electron chi connectivity index (χ4n) is 2.05. The van der Waals surface area contributed by atoms with Crippen LogP contribution in [-0.2, 0) is 13.0 Å². The topological polar surface area (TPSA) is 68.0 Å². The Morgan fingerprint density at radius 2 is 2.20 bits per heavy atom. The number of primary amides is 1. The van der Waals surface area contributed by atoms with Crippen LogP contribution in [0.3, 0.4) is 0 Å². The van der Waals surface area contributed by atoms with Gasteiger partial charge in [0.1, 0.15) is 0 Å². The quantitative estimate of drug-likeness (QED) is 0.786. The van der Waals surface area contributed by atoms with Crippen molar-refractivity contribution in [1.29, 1.82) is 0 Å². The molecule has 3 N–H and O–H groups in total. The van der Waals surface area contributed by atoms with Gasteiger partial charge in [0, 0.05) is 24.5 Å². The molecule has 0 fully saturated rings. The second-order valence-corrected chi connectivity index (χ2v) is 4.79. The van der Waals surface area contributed by atoms with Crippen molar-refractivity contribution >= 4 is 5.91 Å². The standard InChI is InChI=1S/C16H19N3O/c1-12-9-14(16(17)20)4-5-15(12)11-19-8-6-13-3-2-7-18-10-13/h2-5,7,9-10,19H,6,8,11H2,1H3,(H2,17,20). The van der Waals surface area contributed by atoms with Gasteiger partial charge in [0.2, 0.25) is 5.91 Å². The molecule has 20 heavy (non-hydrogen) atoms. The minimum absolute atomic E-state index is 0.385. The zero-order chi connectivity index (χ0) is 14.4. The summed E-state index contributed by atoms with van der Waals surface area (Å²) >= 11 is 0. The number of amides is 1. The van der Waals surface area contributed by atoms with Crippen molar-refractivity contribution in [2.45, 2.75) is 19.9 Å². The van der Waals surface area contributed by atoms with E-state index < -0.39 is 0 Å².